The van der Waals surface area contributed by atoms with E-state index in [1.165, 1.54) is 6.92 Å². The first-order chi connectivity index (χ1) is 14.7. The molecule has 0 N–H and O–H groups in total. The number of benzene rings is 3. The molecule has 3 rings (SSSR count). The second kappa shape index (κ2) is 8.64. The maximum absolute atomic E-state index is 13.3. The minimum atomic E-state index is -3.88. The van der Waals surface area contributed by atoms with E-state index in [4.69, 9.17) is 9.26 Å². The average molecular weight is 436 g/mol. The van der Waals surface area contributed by atoms with Crippen LogP contribution in [-0.4, -0.2) is 23.7 Å². The van der Waals surface area contributed by atoms with Crippen LogP contribution in [0.3, 0.4) is 0 Å². The molecule has 0 amide bonds. The average Bonchev–Trinajstić information content (AvgIpc) is 2.77. The van der Waals surface area contributed by atoms with Gasteiger partial charge in [-0.05, 0) is 0 Å². The Morgan fingerprint density at radius 3 is 1.35 bits per heavy atom. The van der Waals surface area contributed by atoms with Gasteiger partial charge in [0.2, 0.25) is 0 Å². The van der Waals surface area contributed by atoms with Gasteiger partial charge in [-0.2, -0.15) is 0 Å². The fraction of sp³-hybridized carbons (Fsp3) is 0.231. The molecule has 31 heavy (non-hydrogen) atoms. The zero-order valence-electron chi connectivity index (χ0n) is 18.4. The van der Waals surface area contributed by atoms with E-state index in [9.17, 15) is 9.59 Å². The first-order valence-electron chi connectivity index (χ1n) is 10.3. The SMILES string of the molecule is CC(=O)OCC(=O)OP(c1ccccc1)(c1ccccc1)(c1ccccc1)C(C)(C)C. The Bertz CT molecular complexity index is 942. The Labute approximate surface area is 184 Å². The van der Waals surface area contributed by atoms with Gasteiger partial charge < -0.3 is 0 Å². The van der Waals surface area contributed by atoms with E-state index in [0.717, 1.165) is 15.9 Å². The summed E-state index contributed by atoms with van der Waals surface area (Å²) in [5.74, 6) is -1.09. The molecule has 0 heterocycles. The topological polar surface area (TPSA) is 52.6 Å². The molecule has 3 aromatic rings. The molecule has 0 aliphatic carbocycles. The molecule has 0 aromatic heterocycles. The molecule has 0 bridgehead atoms. The van der Waals surface area contributed by atoms with Crippen molar-refractivity contribution >= 4 is 34.7 Å². The Kier molecular flexibility index (Phi) is 6.33. The third kappa shape index (κ3) is 3.66. The number of hydrogen-bond acceptors (Lipinski definition) is 4. The second-order valence-corrected chi connectivity index (χ2v) is 13.6. The first-order valence-corrected chi connectivity index (χ1v) is 12.4. The second-order valence-electron chi connectivity index (χ2n) is 8.46. The van der Waals surface area contributed by atoms with Gasteiger partial charge in [-0.15, -0.1) is 0 Å². The summed E-state index contributed by atoms with van der Waals surface area (Å²) in [4.78, 5) is 24.6. The van der Waals surface area contributed by atoms with Crippen molar-refractivity contribution in [2.75, 3.05) is 6.61 Å². The van der Waals surface area contributed by atoms with E-state index in [2.05, 4.69) is 20.8 Å². The van der Waals surface area contributed by atoms with E-state index in [0.29, 0.717) is 0 Å². The fourth-order valence-electron chi connectivity index (χ4n) is 4.43. The number of carbonyl (C=O) groups excluding carboxylic acids is 2. The molecule has 0 saturated carbocycles. The zero-order chi connectivity index (χ0) is 22.6. The van der Waals surface area contributed by atoms with Gasteiger partial charge in [-0.1, -0.05) is 0 Å². The minimum absolute atomic E-state index is 0.435. The van der Waals surface area contributed by atoms with Gasteiger partial charge in [-0.3, -0.25) is 0 Å². The predicted molar refractivity (Wildman–Crippen MR) is 128 cm³/mol. The molecule has 0 spiro atoms. The Balaban J connectivity index is 2.48. The summed E-state index contributed by atoms with van der Waals surface area (Å²) >= 11 is 0. The van der Waals surface area contributed by atoms with Gasteiger partial charge in [0, 0.05) is 0 Å². The third-order valence-corrected chi connectivity index (χ3v) is 12.7. The van der Waals surface area contributed by atoms with Crippen LogP contribution in [0.25, 0.3) is 0 Å². The predicted octanol–water partition coefficient (Wildman–Crippen LogP) is 4.34. The van der Waals surface area contributed by atoms with Crippen molar-refractivity contribution < 1.29 is 18.8 Å². The number of esters is 1. The van der Waals surface area contributed by atoms with Crippen LogP contribution >= 0.6 is 6.83 Å². The molecule has 0 aliphatic rings. The van der Waals surface area contributed by atoms with Gasteiger partial charge in [0.05, 0.1) is 0 Å². The van der Waals surface area contributed by atoms with Gasteiger partial charge in [0.1, 0.15) is 0 Å². The molecule has 0 radical (unpaired) electrons. The molecule has 0 unspecified atom stereocenters. The van der Waals surface area contributed by atoms with Crippen LogP contribution in [-0.2, 0) is 18.8 Å². The van der Waals surface area contributed by atoms with E-state index < -0.39 is 30.5 Å². The van der Waals surface area contributed by atoms with Crippen LogP contribution in [0.2, 0.25) is 0 Å². The summed E-state index contributed by atoms with van der Waals surface area (Å²) in [7, 11) is 0. The van der Waals surface area contributed by atoms with E-state index >= 15 is 0 Å². The fourth-order valence-corrected chi connectivity index (χ4v) is 10.9. The van der Waals surface area contributed by atoms with Crippen LogP contribution in [0.1, 0.15) is 27.7 Å². The monoisotopic (exact) mass is 436 g/mol. The van der Waals surface area contributed by atoms with Crippen molar-refractivity contribution in [3.63, 3.8) is 0 Å². The summed E-state index contributed by atoms with van der Waals surface area (Å²) in [5.41, 5.74) is 0. The normalized spacial score (nSPS) is 13.0. The van der Waals surface area contributed by atoms with Crippen LogP contribution in [0.4, 0.5) is 0 Å². The van der Waals surface area contributed by atoms with Crippen molar-refractivity contribution in [1.82, 2.24) is 0 Å². The van der Waals surface area contributed by atoms with E-state index in [1.807, 2.05) is 91.0 Å². The number of hydrogen-bond donors (Lipinski definition) is 0. The molecule has 0 fully saturated rings. The van der Waals surface area contributed by atoms with Gasteiger partial charge in [0.15, 0.2) is 0 Å². The molecule has 5 heteroatoms. The molecule has 0 aliphatic heterocycles. The molecular weight excluding hydrogens is 407 g/mol. The summed E-state index contributed by atoms with van der Waals surface area (Å²) in [6, 6.07) is 29.8. The summed E-state index contributed by atoms with van der Waals surface area (Å²) in [6.07, 6.45) is 0. The van der Waals surface area contributed by atoms with Crippen LogP contribution in [0.15, 0.2) is 91.0 Å². The number of rotatable bonds is 6. The van der Waals surface area contributed by atoms with Gasteiger partial charge in [-0.25, -0.2) is 0 Å². The quantitative estimate of drug-likeness (QED) is 0.426. The van der Waals surface area contributed by atoms with Crippen molar-refractivity contribution in [3.8, 4) is 0 Å². The molecule has 4 nitrogen and oxygen atoms in total. The summed E-state index contributed by atoms with van der Waals surface area (Å²) in [6.45, 7) is 3.29. The van der Waals surface area contributed by atoms with E-state index in [1.54, 1.807) is 0 Å². The van der Waals surface area contributed by atoms with Crippen molar-refractivity contribution in [1.29, 1.82) is 0 Å². The Morgan fingerprint density at radius 1 is 0.710 bits per heavy atom. The standard InChI is InChI=1S/C26H29O4P/c1-21(27)29-20-25(28)30-31(26(2,3)4,22-14-8-5-9-15-22,23-16-10-6-11-17-23)24-18-12-7-13-19-24/h5-19H,20H2,1-4H3. The van der Waals surface area contributed by atoms with Crippen LogP contribution in [0, 0.1) is 0 Å². The first kappa shape index (κ1) is 22.7. The van der Waals surface area contributed by atoms with Gasteiger partial charge in [0.25, 0.3) is 0 Å². The Morgan fingerprint density at radius 2 is 1.06 bits per heavy atom. The maximum atomic E-state index is 13.3. The van der Waals surface area contributed by atoms with Gasteiger partial charge >= 0.3 is 184 Å². The number of ether oxygens (including phenoxy) is 1. The summed E-state index contributed by atoms with van der Waals surface area (Å²) < 4.78 is 11.7. The van der Waals surface area contributed by atoms with Crippen molar-refractivity contribution in [2.24, 2.45) is 0 Å². The van der Waals surface area contributed by atoms with Crippen LogP contribution in [0.5, 0.6) is 0 Å². The van der Waals surface area contributed by atoms with Crippen LogP contribution < -0.4 is 15.9 Å². The zero-order valence-corrected chi connectivity index (χ0v) is 19.3. The number of carbonyl (C=O) groups is 2. The summed E-state index contributed by atoms with van der Waals surface area (Å²) in [5, 5.41) is 2.31. The molecule has 0 atom stereocenters. The molecular formula is C26H29O4P. The molecule has 162 valence electrons. The van der Waals surface area contributed by atoms with Crippen molar-refractivity contribution in [2.45, 2.75) is 32.9 Å². The third-order valence-electron chi connectivity index (χ3n) is 5.70. The molecule has 0 saturated heterocycles. The van der Waals surface area contributed by atoms with Crippen molar-refractivity contribution in [3.05, 3.63) is 91.0 Å². The Hall–Kier alpha value is -2.97. The molecule has 3 aromatic carbocycles. The van der Waals surface area contributed by atoms with E-state index in [-0.39, 0.29) is 0 Å².